The van der Waals surface area contributed by atoms with Crippen molar-refractivity contribution in [1.29, 1.82) is 0 Å². The number of carbonyl (C=O) groups is 9. The van der Waals surface area contributed by atoms with E-state index in [1.807, 2.05) is 0 Å². The first-order valence-corrected chi connectivity index (χ1v) is 14.7. The number of hydrogen-bond donors (Lipinski definition) is 10. The smallest absolute Gasteiger partial charge is 0.326 e. The van der Waals surface area contributed by atoms with Crippen molar-refractivity contribution in [3.05, 3.63) is 0 Å². The monoisotopic (exact) mass is 657 g/mol. The summed E-state index contributed by atoms with van der Waals surface area (Å²) >= 11 is 0. The molecule has 1 fully saturated rings. The lowest BCUT2D eigenvalue weighted by Crippen LogP contribution is -2.60. The molecule has 0 aromatic heterocycles. The van der Waals surface area contributed by atoms with Crippen molar-refractivity contribution in [2.75, 3.05) is 6.54 Å². The number of carboxylic acids is 3. The van der Waals surface area contributed by atoms with Gasteiger partial charge in [-0.1, -0.05) is 20.3 Å². The molecule has 7 atom stereocenters. The predicted molar refractivity (Wildman–Crippen MR) is 156 cm³/mol. The third kappa shape index (κ3) is 13.4. The minimum atomic E-state index is -1.77. The Labute approximate surface area is 264 Å². The maximum Gasteiger partial charge on any atom is 0.326 e. The number of rotatable bonds is 20. The minimum Gasteiger partial charge on any atom is -0.481 e. The van der Waals surface area contributed by atoms with Crippen molar-refractivity contribution in [3.63, 3.8) is 0 Å². The van der Waals surface area contributed by atoms with Crippen LogP contribution in [-0.4, -0.2) is 111 Å². The van der Waals surface area contributed by atoms with E-state index in [2.05, 4.69) is 31.9 Å². The molecule has 258 valence electrons. The summed E-state index contributed by atoms with van der Waals surface area (Å²) in [4.78, 5) is 110. The number of primary amides is 1. The van der Waals surface area contributed by atoms with E-state index in [1.165, 1.54) is 6.92 Å². The Morgan fingerprint density at radius 3 is 1.83 bits per heavy atom. The first-order valence-electron chi connectivity index (χ1n) is 14.7. The predicted octanol–water partition coefficient (Wildman–Crippen LogP) is -3.47. The van der Waals surface area contributed by atoms with Gasteiger partial charge in [-0.15, -0.1) is 0 Å². The van der Waals surface area contributed by atoms with Crippen LogP contribution in [0.3, 0.4) is 0 Å². The molecule has 11 N–H and O–H groups in total. The molecule has 1 aliphatic heterocycles. The van der Waals surface area contributed by atoms with E-state index in [9.17, 15) is 53.4 Å². The first-order chi connectivity index (χ1) is 21.5. The van der Waals surface area contributed by atoms with Gasteiger partial charge in [0.2, 0.25) is 35.4 Å². The Morgan fingerprint density at radius 1 is 0.761 bits per heavy atom. The van der Waals surface area contributed by atoms with Crippen LogP contribution in [-0.2, 0) is 43.2 Å². The Bertz CT molecular complexity index is 1170. The Kier molecular flexibility index (Phi) is 16.1. The molecule has 0 saturated carbocycles. The molecule has 0 aliphatic carbocycles. The normalized spacial score (nSPS) is 17.9. The van der Waals surface area contributed by atoms with Crippen LogP contribution in [0.2, 0.25) is 0 Å². The molecule has 1 heterocycles. The molecule has 1 saturated heterocycles. The number of nitrogens with one attached hydrogen (secondary N) is 6. The summed E-state index contributed by atoms with van der Waals surface area (Å²) in [5.41, 5.74) is 5.24. The summed E-state index contributed by atoms with van der Waals surface area (Å²) in [5, 5.41) is 41.9. The number of carboxylic acid groups (broad SMARTS) is 3. The van der Waals surface area contributed by atoms with Gasteiger partial charge in [-0.25, -0.2) is 4.79 Å². The molecule has 1 aliphatic rings. The molecular weight excluding hydrogens is 614 g/mol. The van der Waals surface area contributed by atoms with Gasteiger partial charge < -0.3 is 53.0 Å². The number of carbonyl (C=O) groups excluding carboxylic acids is 6. The zero-order valence-electron chi connectivity index (χ0n) is 25.8. The SMILES string of the molecule is CC[C@H](C)[C@H](NC(=O)[C@H](CC(N)=O)NC(=O)[C@H](CC(=O)O)NC(=O)[C@H](C)NC(=O)[C@@H]1CCCN1)C(=O)N[C@@H](CCC(=O)O)C(=O)O. The maximum atomic E-state index is 13.2. The number of nitrogens with two attached hydrogens (primary N) is 1. The van der Waals surface area contributed by atoms with Crippen LogP contribution in [0, 0.1) is 5.92 Å². The van der Waals surface area contributed by atoms with Gasteiger partial charge in [0.15, 0.2) is 0 Å². The van der Waals surface area contributed by atoms with Crippen LogP contribution >= 0.6 is 0 Å². The standard InChI is InChI=1S/C27H43N7O12/c1-4-12(2)21(26(44)31-15(27(45)46)7-8-19(36)37)34-25(43)16(10-18(28)35)33-24(42)17(11-20(38)39)32-22(40)13(3)30-23(41)14-6-5-9-29-14/h12-17,21,29H,4-11H2,1-3H3,(H2,28,35)(H,30,41)(H,31,44)(H,32,40)(H,33,42)(H,34,43)(H,36,37)(H,38,39)(H,45,46)/t12-,13-,14-,15-,16-,17-,21-/m0/s1. The van der Waals surface area contributed by atoms with Crippen LogP contribution in [0.5, 0.6) is 0 Å². The van der Waals surface area contributed by atoms with Crippen molar-refractivity contribution < 1.29 is 58.5 Å². The number of hydrogen-bond acceptors (Lipinski definition) is 10. The van der Waals surface area contributed by atoms with Gasteiger partial charge >= 0.3 is 17.9 Å². The summed E-state index contributed by atoms with van der Waals surface area (Å²) < 4.78 is 0. The second-order valence-electron chi connectivity index (χ2n) is 11.0. The van der Waals surface area contributed by atoms with Crippen molar-refractivity contribution in [3.8, 4) is 0 Å². The van der Waals surface area contributed by atoms with Crippen molar-refractivity contribution in [2.24, 2.45) is 11.7 Å². The quantitative estimate of drug-likeness (QED) is 0.0609. The summed E-state index contributed by atoms with van der Waals surface area (Å²) in [6.45, 7) is 5.14. The Balaban J connectivity index is 3.10. The van der Waals surface area contributed by atoms with Crippen LogP contribution in [0.4, 0.5) is 0 Å². The third-order valence-electron chi connectivity index (χ3n) is 7.23. The molecule has 0 unspecified atom stereocenters. The highest BCUT2D eigenvalue weighted by Crippen LogP contribution is 2.11. The van der Waals surface area contributed by atoms with E-state index in [4.69, 9.17) is 10.8 Å². The van der Waals surface area contributed by atoms with Crippen LogP contribution < -0.4 is 37.6 Å². The molecule has 0 aromatic carbocycles. The van der Waals surface area contributed by atoms with E-state index in [-0.39, 0.29) is 6.42 Å². The molecule has 0 spiro atoms. The topological polar surface area (TPSA) is 313 Å². The summed E-state index contributed by atoms with van der Waals surface area (Å²) in [7, 11) is 0. The van der Waals surface area contributed by atoms with Gasteiger partial charge in [0.1, 0.15) is 30.2 Å². The highest BCUT2D eigenvalue weighted by atomic mass is 16.4. The lowest BCUT2D eigenvalue weighted by molar-refractivity contribution is -0.144. The molecule has 6 amide bonds. The second kappa shape index (κ2) is 18.9. The second-order valence-corrected chi connectivity index (χ2v) is 11.0. The fourth-order valence-electron chi connectivity index (χ4n) is 4.39. The number of aliphatic carboxylic acids is 3. The summed E-state index contributed by atoms with van der Waals surface area (Å²) in [5.74, 6) is -10.7. The maximum absolute atomic E-state index is 13.2. The first kappa shape index (κ1) is 39.2. The zero-order chi connectivity index (χ0) is 35.1. The molecule has 19 nitrogen and oxygen atoms in total. The zero-order valence-corrected chi connectivity index (χ0v) is 25.8. The molecule has 1 rings (SSSR count). The molecule has 0 aromatic rings. The highest BCUT2D eigenvalue weighted by Gasteiger charge is 2.35. The van der Waals surface area contributed by atoms with Gasteiger partial charge in [-0.05, 0) is 38.6 Å². The molecule has 19 heteroatoms. The largest absolute Gasteiger partial charge is 0.481 e. The van der Waals surface area contributed by atoms with Gasteiger partial charge in [0.25, 0.3) is 0 Å². The number of amides is 6. The fraction of sp³-hybridized carbons (Fsp3) is 0.667. The van der Waals surface area contributed by atoms with E-state index in [1.54, 1.807) is 13.8 Å². The minimum absolute atomic E-state index is 0.288. The van der Waals surface area contributed by atoms with E-state index < -0.39 is 121 Å². The summed E-state index contributed by atoms with van der Waals surface area (Å²) in [6, 6.07) is -8.23. The average molecular weight is 658 g/mol. The van der Waals surface area contributed by atoms with Gasteiger partial charge in [-0.3, -0.25) is 38.4 Å². The Morgan fingerprint density at radius 2 is 1.33 bits per heavy atom. The van der Waals surface area contributed by atoms with Gasteiger partial charge in [-0.2, -0.15) is 0 Å². The van der Waals surface area contributed by atoms with E-state index in [0.29, 0.717) is 13.0 Å². The Hall–Kier alpha value is -4.81. The summed E-state index contributed by atoms with van der Waals surface area (Å²) in [6.07, 6.45) is -1.17. The van der Waals surface area contributed by atoms with Crippen molar-refractivity contribution >= 4 is 53.4 Å². The van der Waals surface area contributed by atoms with Gasteiger partial charge in [0, 0.05) is 6.42 Å². The van der Waals surface area contributed by atoms with Crippen molar-refractivity contribution in [2.45, 2.75) is 102 Å². The lowest BCUT2D eigenvalue weighted by Gasteiger charge is -2.28. The van der Waals surface area contributed by atoms with Crippen LogP contribution in [0.15, 0.2) is 0 Å². The van der Waals surface area contributed by atoms with Crippen molar-refractivity contribution in [1.82, 2.24) is 31.9 Å². The highest BCUT2D eigenvalue weighted by molar-refractivity contribution is 5.98. The van der Waals surface area contributed by atoms with Crippen LogP contribution in [0.25, 0.3) is 0 Å². The molecular formula is C27H43N7O12. The lowest BCUT2D eigenvalue weighted by atomic mass is 9.97. The molecule has 46 heavy (non-hydrogen) atoms. The van der Waals surface area contributed by atoms with Crippen LogP contribution in [0.1, 0.15) is 65.7 Å². The van der Waals surface area contributed by atoms with Gasteiger partial charge in [0.05, 0.1) is 18.9 Å². The molecule has 0 radical (unpaired) electrons. The third-order valence-corrected chi connectivity index (χ3v) is 7.23. The molecule has 0 bridgehead atoms. The fourth-order valence-corrected chi connectivity index (χ4v) is 4.39. The average Bonchev–Trinajstić information content (AvgIpc) is 3.51. The van der Waals surface area contributed by atoms with E-state index in [0.717, 1.165) is 6.42 Å². The van der Waals surface area contributed by atoms with E-state index >= 15 is 0 Å².